The van der Waals surface area contributed by atoms with Gasteiger partial charge in [-0.05, 0) is 12.1 Å². The van der Waals surface area contributed by atoms with Crippen LogP contribution in [0.4, 0.5) is 0 Å². The second-order valence-corrected chi connectivity index (χ2v) is 5.24. The van der Waals surface area contributed by atoms with Crippen molar-refractivity contribution in [3.63, 3.8) is 0 Å². The lowest BCUT2D eigenvalue weighted by atomic mass is 10.3. The van der Waals surface area contributed by atoms with Gasteiger partial charge in [0.05, 0.1) is 10.6 Å². The molecule has 3 nitrogen and oxygen atoms in total. The maximum atomic E-state index is 11.6. The largest absolute Gasteiger partial charge is 0.303 e. The fourth-order valence-electron chi connectivity index (χ4n) is 1.11. The summed E-state index contributed by atoms with van der Waals surface area (Å²) < 4.78 is 23.3. The van der Waals surface area contributed by atoms with Crippen LogP contribution in [0.5, 0.6) is 0 Å². The van der Waals surface area contributed by atoms with E-state index in [1.807, 2.05) is 0 Å². The Morgan fingerprint density at radius 2 is 1.86 bits per heavy atom. The molecule has 1 aromatic carbocycles. The molecule has 14 heavy (non-hydrogen) atoms. The van der Waals surface area contributed by atoms with Crippen LogP contribution in [-0.2, 0) is 14.6 Å². The van der Waals surface area contributed by atoms with Crippen LogP contribution in [0.3, 0.4) is 0 Å². The van der Waals surface area contributed by atoms with Crippen LogP contribution in [0.1, 0.15) is 6.92 Å². The van der Waals surface area contributed by atoms with Gasteiger partial charge in [-0.1, -0.05) is 25.1 Å². The smallest absolute Gasteiger partial charge is 0.179 e. The van der Waals surface area contributed by atoms with E-state index >= 15 is 0 Å². The summed E-state index contributed by atoms with van der Waals surface area (Å²) in [6.07, 6.45) is 0.653. The Bertz CT molecular complexity index is 395. The third-order valence-corrected chi connectivity index (χ3v) is 3.77. The predicted octanol–water partition coefficient (Wildman–Crippen LogP) is 1.30. The molecule has 76 valence electrons. The highest BCUT2D eigenvalue weighted by Gasteiger charge is 2.17. The highest BCUT2D eigenvalue weighted by Crippen LogP contribution is 2.12. The van der Waals surface area contributed by atoms with E-state index in [-0.39, 0.29) is 10.6 Å². The highest BCUT2D eigenvalue weighted by atomic mass is 32.2. The number of carbonyl (C=O) groups excluding carboxylic acids is 1. The monoisotopic (exact) mass is 212 g/mol. The van der Waals surface area contributed by atoms with Gasteiger partial charge in [-0.25, -0.2) is 8.42 Å². The predicted molar refractivity (Wildman–Crippen MR) is 53.7 cm³/mol. The van der Waals surface area contributed by atoms with Crippen molar-refractivity contribution in [2.45, 2.75) is 11.8 Å². The van der Waals surface area contributed by atoms with E-state index in [9.17, 15) is 13.2 Å². The maximum Gasteiger partial charge on any atom is 0.179 e. The second kappa shape index (κ2) is 4.37. The van der Waals surface area contributed by atoms with Crippen LogP contribution in [0.2, 0.25) is 0 Å². The first kappa shape index (κ1) is 10.9. The zero-order chi connectivity index (χ0) is 10.6. The summed E-state index contributed by atoms with van der Waals surface area (Å²) in [6.45, 7) is 1.59. The van der Waals surface area contributed by atoms with E-state index in [1.165, 1.54) is 12.1 Å². The van der Waals surface area contributed by atoms with Gasteiger partial charge in [-0.2, -0.15) is 0 Å². The Morgan fingerprint density at radius 1 is 1.29 bits per heavy atom. The molecule has 0 N–H and O–H groups in total. The molecule has 0 aliphatic heterocycles. The molecule has 0 bridgehead atoms. The molecule has 1 aromatic rings. The summed E-state index contributed by atoms with van der Waals surface area (Å²) in [5, 5.41) is 0. The maximum absolute atomic E-state index is 11.6. The number of aldehydes is 1. The summed E-state index contributed by atoms with van der Waals surface area (Å²) >= 11 is 0. The van der Waals surface area contributed by atoms with Crippen molar-refractivity contribution >= 4 is 16.1 Å². The Hall–Kier alpha value is -1.16. The van der Waals surface area contributed by atoms with Crippen molar-refractivity contribution in [3.8, 4) is 0 Å². The third-order valence-electron chi connectivity index (χ3n) is 1.82. The minimum Gasteiger partial charge on any atom is -0.303 e. The third kappa shape index (κ3) is 2.67. The zero-order valence-corrected chi connectivity index (χ0v) is 8.70. The molecule has 0 aliphatic rings. The highest BCUT2D eigenvalue weighted by molar-refractivity contribution is 7.91. The molecular formula is C10H12O3S. The molecule has 0 saturated heterocycles. The van der Waals surface area contributed by atoms with Crippen molar-refractivity contribution in [1.82, 2.24) is 0 Å². The fraction of sp³-hybridized carbons (Fsp3) is 0.300. The molecule has 0 spiro atoms. The summed E-state index contributed by atoms with van der Waals surface area (Å²) in [5.41, 5.74) is 0. The number of carbonyl (C=O) groups is 1. The minimum absolute atomic E-state index is 0.124. The van der Waals surface area contributed by atoms with Gasteiger partial charge in [0.25, 0.3) is 0 Å². The van der Waals surface area contributed by atoms with Crippen molar-refractivity contribution in [3.05, 3.63) is 30.3 Å². The average molecular weight is 212 g/mol. The number of rotatable bonds is 4. The van der Waals surface area contributed by atoms with E-state index in [0.717, 1.165) is 0 Å². The van der Waals surface area contributed by atoms with Crippen LogP contribution in [0.15, 0.2) is 35.2 Å². The molecule has 0 aliphatic carbocycles. The number of benzene rings is 1. The SMILES string of the molecule is CC(C=O)CS(=O)(=O)c1ccccc1. The van der Waals surface area contributed by atoms with Gasteiger partial charge in [0, 0.05) is 5.92 Å². The first-order chi connectivity index (χ1) is 6.56. The summed E-state index contributed by atoms with van der Waals surface area (Å²) in [4.78, 5) is 10.6. The quantitative estimate of drug-likeness (QED) is 0.707. The Balaban J connectivity index is 2.92. The lowest BCUT2D eigenvalue weighted by Gasteiger charge is -2.05. The van der Waals surface area contributed by atoms with Crippen LogP contribution in [-0.4, -0.2) is 20.5 Å². The van der Waals surface area contributed by atoms with Gasteiger partial charge in [-0.3, -0.25) is 0 Å². The van der Waals surface area contributed by atoms with Crippen molar-refractivity contribution in [2.24, 2.45) is 5.92 Å². The number of hydrogen-bond acceptors (Lipinski definition) is 3. The Labute approximate surface area is 83.7 Å². The Morgan fingerprint density at radius 3 is 2.36 bits per heavy atom. The molecule has 0 fully saturated rings. The first-order valence-corrected chi connectivity index (χ1v) is 5.94. The van der Waals surface area contributed by atoms with Crippen LogP contribution in [0, 0.1) is 5.92 Å². The molecule has 0 radical (unpaired) electrons. The van der Waals surface area contributed by atoms with Gasteiger partial charge in [0.15, 0.2) is 9.84 Å². The van der Waals surface area contributed by atoms with Gasteiger partial charge < -0.3 is 4.79 Å². The van der Waals surface area contributed by atoms with Gasteiger partial charge in [0.1, 0.15) is 6.29 Å². The molecule has 0 aromatic heterocycles. The first-order valence-electron chi connectivity index (χ1n) is 4.29. The van der Waals surface area contributed by atoms with Crippen molar-refractivity contribution in [1.29, 1.82) is 0 Å². The van der Waals surface area contributed by atoms with Crippen LogP contribution in [0.25, 0.3) is 0 Å². The van der Waals surface area contributed by atoms with E-state index < -0.39 is 15.8 Å². The standard InChI is InChI=1S/C10H12O3S/c1-9(7-11)8-14(12,13)10-5-3-2-4-6-10/h2-7,9H,8H2,1H3. The molecule has 0 saturated carbocycles. The molecule has 0 amide bonds. The molecule has 0 heterocycles. The van der Waals surface area contributed by atoms with Gasteiger partial charge >= 0.3 is 0 Å². The molecule has 1 unspecified atom stereocenters. The zero-order valence-electron chi connectivity index (χ0n) is 7.88. The lowest BCUT2D eigenvalue weighted by molar-refractivity contribution is -0.110. The Kier molecular flexibility index (Phi) is 3.41. The normalized spacial score (nSPS) is 13.5. The summed E-state index contributed by atoms with van der Waals surface area (Å²) in [7, 11) is -3.30. The number of sulfone groups is 1. The molecule has 1 atom stereocenters. The minimum atomic E-state index is -3.30. The number of hydrogen-bond donors (Lipinski definition) is 0. The molecular weight excluding hydrogens is 200 g/mol. The van der Waals surface area contributed by atoms with Gasteiger partial charge in [-0.15, -0.1) is 0 Å². The van der Waals surface area contributed by atoms with E-state index in [1.54, 1.807) is 25.1 Å². The van der Waals surface area contributed by atoms with Crippen molar-refractivity contribution in [2.75, 3.05) is 5.75 Å². The molecule has 4 heteroatoms. The second-order valence-electron chi connectivity index (χ2n) is 3.21. The van der Waals surface area contributed by atoms with E-state index in [0.29, 0.717) is 6.29 Å². The van der Waals surface area contributed by atoms with E-state index in [4.69, 9.17) is 0 Å². The topological polar surface area (TPSA) is 51.2 Å². The van der Waals surface area contributed by atoms with Crippen molar-refractivity contribution < 1.29 is 13.2 Å². The summed E-state index contributed by atoms with van der Waals surface area (Å²) in [6, 6.07) is 8.15. The average Bonchev–Trinajstić information content (AvgIpc) is 2.18. The van der Waals surface area contributed by atoms with Crippen LogP contribution >= 0.6 is 0 Å². The lowest BCUT2D eigenvalue weighted by Crippen LogP contribution is -2.14. The summed E-state index contributed by atoms with van der Waals surface area (Å²) in [5.74, 6) is -0.583. The molecule has 1 rings (SSSR count). The van der Waals surface area contributed by atoms with Gasteiger partial charge in [0.2, 0.25) is 0 Å². The fourth-order valence-corrected chi connectivity index (χ4v) is 2.64. The van der Waals surface area contributed by atoms with Crippen LogP contribution < -0.4 is 0 Å². The van der Waals surface area contributed by atoms with E-state index in [2.05, 4.69) is 0 Å².